The fourth-order valence-electron chi connectivity index (χ4n) is 3.24. The molecule has 3 aromatic heterocycles. The van der Waals surface area contributed by atoms with Crippen molar-refractivity contribution in [2.24, 2.45) is 0 Å². The summed E-state index contributed by atoms with van der Waals surface area (Å²) in [5, 5.41) is 0. The molecule has 5 nitrogen and oxygen atoms in total. The van der Waals surface area contributed by atoms with Gasteiger partial charge in [-0.3, -0.25) is 13.8 Å². The van der Waals surface area contributed by atoms with E-state index in [0.717, 1.165) is 12.3 Å². The van der Waals surface area contributed by atoms with Crippen LogP contribution in [0.3, 0.4) is 0 Å². The molecule has 8 heteroatoms. The molecule has 0 fully saturated rings. The second-order valence-corrected chi connectivity index (χ2v) is 6.19. The van der Waals surface area contributed by atoms with Crippen molar-refractivity contribution in [2.45, 2.75) is 26.4 Å². The van der Waals surface area contributed by atoms with E-state index in [1.807, 2.05) is 13.0 Å². The Bertz CT molecular complexity index is 1190. The number of rotatable bonds is 2. The summed E-state index contributed by atoms with van der Waals surface area (Å²) in [6.07, 6.45) is -3.18. The Balaban J connectivity index is 1.99. The Morgan fingerprint density at radius 2 is 1.85 bits per heavy atom. The third-order valence-corrected chi connectivity index (χ3v) is 4.49. The second-order valence-electron chi connectivity index (χ2n) is 6.19. The highest BCUT2D eigenvalue weighted by atomic mass is 19.4. The molecule has 0 amide bonds. The third-order valence-electron chi connectivity index (χ3n) is 4.49. The molecule has 3 heterocycles. The monoisotopic (exact) mass is 372 g/mol. The molecule has 0 aliphatic heterocycles. The lowest BCUT2D eigenvalue weighted by Crippen LogP contribution is -2.18. The lowest BCUT2D eigenvalue weighted by atomic mass is 10.2. The first-order valence-corrected chi connectivity index (χ1v) is 8.38. The maximum Gasteiger partial charge on any atom is 0.417 e. The van der Waals surface area contributed by atoms with Gasteiger partial charge in [0.1, 0.15) is 17.2 Å². The molecular weight excluding hydrogens is 357 g/mol. The fraction of sp³-hybridized carbons (Fsp3) is 0.211. The fourth-order valence-corrected chi connectivity index (χ4v) is 3.24. The number of hydrogen-bond acceptors (Lipinski definition) is 3. The molecule has 0 atom stereocenters. The molecule has 27 heavy (non-hydrogen) atoms. The third kappa shape index (κ3) is 2.68. The predicted octanol–water partition coefficient (Wildman–Crippen LogP) is 4.26. The summed E-state index contributed by atoms with van der Waals surface area (Å²) < 4.78 is 42.1. The molecule has 138 valence electrons. The number of aromatic nitrogens is 4. The first-order chi connectivity index (χ1) is 12.8. The van der Waals surface area contributed by atoms with Crippen molar-refractivity contribution in [2.75, 3.05) is 0 Å². The van der Waals surface area contributed by atoms with Crippen molar-refractivity contribution in [1.29, 1.82) is 0 Å². The van der Waals surface area contributed by atoms with E-state index < -0.39 is 17.6 Å². The SMILES string of the molecule is CCc1nc2ccc(C(F)(F)F)cn2c1C(=O)n1c(C)nc2ccccc21. The normalized spacial score (nSPS) is 12.2. The number of nitrogens with zero attached hydrogens (tertiary/aromatic N) is 4. The van der Waals surface area contributed by atoms with Crippen LogP contribution in [0.5, 0.6) is 0 Å². The quantitative estimate of drug-likeness (QED) is 0.528. The minimum Gasteiger partial charge on any atom is -0.295 e. The van der Waals surface area contributed by atoms with Gasteiger partial charge >= 0.3 is 6.18 Å². The smallest absolute Gasteiger partial charge is 0.295 e. The van der Waals surface area contributed by atoms with E-state index in [9.17, 15) is 18.0 Å². The molecule has 4 rings (SSSR count). The highest BCUT2D eigenvalue weighted by Crippen LogP contribution is 2.30. The van der Waals surface area contributed by atoms with Gasteiger partial charge in [-0.15, -0.1) is 0 Å². The summed E-state index contributed by atoms with van der Waals surface area (Å²) >= 11 is 0. The molecular formula is C19H15F3N4O. The topological polar surface area (TPSA) is 52.2 Å². The van der Waals surface area contributed by atoms with E-state index >= 15 is 0 Å². The van der Waals surface area contributed by atoms with Gasteiger partial charge in [0.2, 0.25) is 0 Å². The predicted molar refractivity (Wildman–Crippen MR) is 93.8 cm³/mol. The maximum atomic E-state index is 13.3. The number of carbonyl (C=O) groups is 1. The molecule has 0 unspecified atom stereocenters. The zero-order valence-corrected chi connectivity index (χ0v) is 14.6. The Kier molecular flexibility index (Phi) is 3.80. The molecule has 0 bridgehead atoms. The Morgan fingerprint density at radius 1 is 1.11 bits per heavy atom. The summed E-state index contributed by atoms with van der Waals surface area (Å²) in [7, 11) is 0. The Labute approximate surface area is 152 Å². The van der Waals surface area contributed by atoms with E-state index in [4.69, 9.17) is 0 Å². The standard InChI is InChI=1S/C19H15F3N4O/c1-3-13-17(25-10-12(19(20,21)22)8-9-16(25)24-13)18(27)26-11(2)23-14-6-4-5-7-15(14)26/h4-10H,3H2,1-2H3. The maximum absolute atomic E-state index is 13.3. The van der Waals surface area contributed by atoms with Crippen LogP contribution in [-0.4, -0.2) is 24.8 Å². The largest absolute Gasteiger partial charge is 0.417 e. The van der Waals surface area contributed by atoms with E-state index in [1.54, 1.807) is 25.1 Å². The first kappa shape index (κ1) is 17.3. The summed E-state index contributed by atoms with van der Waals surface area (Å²) in [6, 6.07) is 9.37. The number of imidazole rings is 2. The van der Waals surface area contributed by atoms with E-state index in [-0.39, 0.29) is 5.69 Å². The van der Waals surface area contributed by atoms with Crippen molar-refractivity contribution >= 4 is 22.6 Å². The van der Waals surface area contributed by atoms with Gasteiger partial charge in [0.25, 0.3) is 5.91 Å². The van der Waals surface area contributed by atoms with Gasteiger partial charge in [-0.1, -0.05) is 19.1 Å². The van der Waals surface area contributed by atoms with Gasteiger partial charge in [0.15, 0.2) is 0 Å². The first-order valence-electron chi connectivity index (χ1n) is 8.38. The number of alkyl halides is 3. The van der Waals surface area contributed by atoms with E-state index in [2.05, 4.69) is 9.97 Å². The number of para-hydroxylation sites is 2. The number of halogens is 3. The number of benzene rings is 1. The van der Waals surface area contributed by atoms with Crippen molar-refractivity contribution in [1.82, 2.24) is 18.9 Å². The van der Waals surface area contributed by atoms with Crippen LogP contribution in [0, 0.1) is 6.92 Å². The Hall–Kier alpha value is -3.16. The Morgan fingerprint density at radius 3 is 2.56 bits per heavy atom. The minimum atomic E-state index is -4.51. The second kappa shape index (κ2) is 5.94. The van der Waals surface area contributed by atoms with Crippen LogP contribution in [0.25, 0.3) is 16.7 Å². The zero-order chi connectivity index (χ0) is 19.3. The van der Waals surface area contributed by atoms with Crippen molar-refractivity contribution in [3.8, 4) is 0 Å². The van der Waals surface area contributed by atoms with Crippen LogP contribution < -0.4 is 0 Å². The van der Waals surface area contributed by atoms with Crippen LogP contribution in [0.1, 0.15) is 34.5 Å². The van der Waals surface area contributed by atoms with Crippen LogP contribution in [0.15, 0.2) is 42.6 Å². The van der Waals surface area contributed by atoms with Crippen LogP contribution >= 0.6 is 0 Å². The van der Waals surface area contributed by atoms with Gasteiger partial charge in [-0.2, -0.15) is 13.2 Å². The molecule has 0 saturated heterocycles. The van der Waals surface area contributed by atoms with Crippen LogP contribution in [0.4, 0.5) is 13.2 Å². The summed E-state index contributed by atoms with van der Waals surface area (Å²) in [6.45, 7) is 3.50. The van der Waals surface area contributed by atoms with Gasteiger partial charge in [0, 0.05) is 6.20 Å². The van der Waals surface area contributed by atoms with Gasteiger partial charge in [-0.05, 0) is 37.6 Å². The lowest BCUT2D eigenvalue weighted by Gasteiger charge is -2.10. The molecule has 0 saturated carbocycles. The zero-order valence-electron chi connectivity index (χ0n) is 14.6. The minimum absolute atomic E-state index is 0.116. The highest BCUT2D eigenvalue weighted by Gasteiger charge is 2.32. The molecule has 0 radical (unpaired) electrons. The molecule has 0 N–H and O–H groups in total. The molecule has 0 spiro atoms. The van der Waals surface area contributed by atoms with Crippen LogP contribution in [-0.2, 0) is 12.6 Å². The molecule has 4 aromatic rings. The van der Waals surface area contributed by atoms with Crippen molar-refractivity contribution in [3.63, 3.8) is 0 Å². The molecule has 1 aromatic carbocycles. The van der Waals surface area contributed by atoms with E-state index in [1.165, 1.54) is 15.0 Å². The average molecular weight is 372 g/mol. The van der Waals surface area contributed by atoms with E-state index in [0.29, 0.717) is 34.6 Å². The number of pyridine rings is 1. The summed E-state index contributed by atoms with van der Waals surface area (Å²) in [5.41, 5.74) is 1.26. The summed E-state index contributed by atoms with van der Waals surface area (Å²) in [5.74, 6) is 0.00931. The lowest BCUT2D eigenvalue weighted by molar-refractivity contribution is -0.137. The molecule has 0 aliphatic carbocycles. The summed E-state index contributed by atoms with van der Waals surface area (Å²) in [4.78, 5) is 22.0. The van der Waals surface area contributed by atoms with Crippen molar-refractivity contribution < 1.29 is 18.0 Å². The number of aryl methyl sites for hydroxylation is 2. The van der Waals surface area contributed by atoms with Gasteiger partial charge in [-0.25, -0.2) is 9.97 Å². The molecule has 0 aliphatic rings. The van der Waals surface area contributed by atoms with Gasteiger partial charge in [0.05, 0.1) is 22.3 Å². The number of fused-ring (bicyclic) bond motifs is 2. The average Bonchev–Trinajstić information content (AvgIpc) is 3.16. The number of carbonyl (C=O) groups excluding carboxylic acids is 1. The highest BCUT2D eigenvalue weighted by molar-refractivity contribution is 6.02. The number of hydrogen-bond donors (Lipinski definition) is 0. The van der Waals surface area contributed by atoms with Gasteiger partial charge < -0.3 is 0 Å². The van der Waals surface area contributed by atoms with Crippen LogP contribution in [0.2, 0.25) is 0 Å². The van der Waals surface area contributed by atoms with Crippen molar-refractivity contribution in [3.05, 3.63) is 65.4 Å².